The second-order valence-electron chi connectivity index (χ2n) is 3.23. The van der Waals surface area contributed by atoms with Gasteiger partial charge in [-0.1, -0.05) is 6.07 Å². The molecule has 0 aliphatic carbocycles. The molecule has 2 nitrogen and oxygen atoms in total. The van der Waals surface area contributed by atoms with Crippen molar-refractivity contribution in [2.24, 2.45) is 0 Å². The van der Waals surface area contributed by atoms with Crippen LogP contribution < -0.4 is 0 Å². The van der Waals surface area contributed by atoms with Gasteiger partial charge >= 0.3 is 6.18 Å². The lowest BCUT2D eigenvalue weighted by Gasteiger charge is -2.05. The average Bonchev–Trinajstić information content (AvgIpc) is 2.28. The Hall–Kier alpha value is -2.23. The lowest BCUT2D eigenvalue weighted by Crippen LogP contribution is -2.07. The summed E-state index contributed by atoms with van der Waals surface area (Å²) in [5, 5.41) is 0. The van der Waals surface area contributed by atoms with Crippen LogP contribution in [0.2, 0.25) is 0 Å². The van der Waals surface area contributed by atoms with Crippen molar-refractivity contribution in [2.75, 3.05) is 0 Å². The molecule has 0 bridgehead atoms. The summed E-state index contributed by atoms with van der Waals surface area (Å²) in [6.45, 7) is 0. The van der Waals surface area contributed by atoms with Gasteiger partial charge in [0.05, 0.1) is 11.3 Å². The Kier molecular flexibility index (Phi) is 2.87. The third-order valence-corrected chi connectivity index (χ3v) is 1.99. The first-order valence-electron chi connectivity index (χ1n) is 4.58. The minimum atomic E-state index is -4.71. The second-order valence-corrected chi connectivity index (χ2v) is 3.23. The maximum atomic E-state index is 13.3. The Morgan fingerprint density at radius 3 is 2.39 bits per heavy atom. The van der Waals surface area contributed by atoms with E-state index < -0.39 is 23.8 Å². The summed E-state index contributed by atoms with van der Waals surface area (Å²) in [6.07, 6.45) is -4.71. The predicted octanol–water partition coefficient (Wildman–Crippen LogP) is 3.04. The van der Waals surface area contributed by atoms with Gasteiger partial charge in [0.15, 0.2) is 5.69 Å². The van der Waals surface area contributed by atoms with Crippen molar-refractivity contribution in [3.8, 4) is 11.3 Å². The Morgan fingerprint density at radius 1 is 1.06 bits per heavy atom. The summed E-state index contributed by atoms with van der Waals surface area (Å²) >= 11 is 0. The molecule has 0 atom stereocenters. The van der Waals surface area contributed by atoms with Crippen LogP contribution in [0, 0.1) is 24.0 Å². The van der Waals surface area contributed by atoms with E-state index in [2.05, 4.69) is 16.0 Å². The third-order valence-electron chi connectivity index (χ3n) is 1.99. The van der Waals surface area contributed by atoms with Crippen molar-refractivity contribution >= 4 is 0 Å². The molecule has 0 unspecified atom stereocenters. The van der Waals surface area contributed by atoms with E-state index in [0.717, 1.165) is 18.2 Å². The Labute approximate surface area is 98.1 Å². The van der Waals surface area contributed by atoms with Crippen LogP contribution in [-0.2, 0) is 6.18 Å². The van der Waals surface area contributed by atoms with Crippen molar-refractivity contribution in [3.63, 3.8) is 0 Å². The van der Waals surface area contributed by atoms with Crippen molar-refractivity contribution in [2.45, 2.75) is 6.18 Å². The van der Waals surface area contributed by atoms with Gasteiger partial charge in [0.2, 0.25) is 11.9 Å². The molecule has 0 saturated carbocycles. The van der Waals surface area contributed by atoms with Crippen LogP contribution >= 0.6 is 0 Å². The lowest BCUT2D eigenvalue weighted by atomic mass is 10.2. The maximum absolute atomic E-state index is 13.3. The van der Waals surface area contributed by atoms with E-state index in [1.54, 1.807) is 6.07 Å². The van der Waals surface area contributed by atoms with E-state index in [1.807, 2.05) is 0 Å². The predicted molar refractivity (Wildman–Crippen MR) is 50.1 cm³/mol. The van der Waals surface area contributed by atoms with Crippen LogP contribution in [0.3, 0.4) is 0 Å². The highest BCUT2D eigenvalue weighted by molar-refractivity contribution is 5.57. The van der Waals surface area contributed by atoms with E-state index in [4.69, 9.17) is 0 Å². The minimum absolute atomic E-state index is 0.341. The van der Waals surface area contributed by atoms with Crippen molar-refractivity contribution in [1.29, 1.82) is 0 Å². The normalized spacial score (nSPS) is 11.2. The van der Waals surface area contributed by atoms with Gasteiger partial charge in [0.25, 0.3) is 0 Å². The molecule has 2 rings (SSSR count). The molecule has 0 aliphatic rings. The standard InChI is InChI=1S/C11H3F5N2/c12-9-5-4-6(10(13)18-9)7-2-1-3-8(17-7)11(14,15)16/h2,4-5H. The summed E-state index contributed by atoms with van der Waals surface area (Å²) in [5.74, 6) is -2.31. The number of halogens is 5. The number of aromatic nitrogens is 2. The van der Waals surface area contributed by atoms with E-state index in [1.165, 1.54) is 0 Å². The number of nitrogens with zero attached hydrogens (tertiary/aromatic N) is 2. The highest BCUT2D eigenvalue weighted by atomic mass is 19.4. The van der Waals surface area contributed by atoms with Gasteiger partial charge in [-0.25, -0.2) is 4.98 Å². The number of hydrogen-bond donors (Lipinski definition) is 0. The van der Waals surface area contributed by atoms with Crippen molar-refractivity contribution in [3.05, 3.63) is 47.9 Å². The van der Waals surface area contributed by atoms with E-state index in [-0.39, 0.29) is 11.3 Å². The fourth-order valence-corrected chi connectivity index (χ4v) is 1.23. The van der Waals surface area contributed by atoms with Gasteiger partial charge in [0.1, 0.15) is 0 Å². The molecule has 2 aromatic heterocycles. The van der Waals surface area contributed by atoms with E-state index in [0.29, 0.717) is 0 Å². The van der Waals surface area contributed by atoms with Crippen LogP contribution in [0.15, 0.2) is 18.2 Å². The van der Waals surface area contributed by atoms with Crippen LogP contribution in [0.5, 0.6) is 0 Å². The minimum Gasteiger partial charge on any atom is -0.234 e. The van der Waals surface area contributed by atoms with Crippen molar-refractivity contribution < 1.29 is 22.0 Å². The highest BCUT2D eigenvalue weighted by Gasteiger charge is 2.33. The Balaban J connectivity index is 2.51. The first-order chi connectivity index (χ1) is 8.38. The molecular formula is C11H3F5N2. The van der Waals surface area contributed by atoms with E-state index in [9.17, 15) is 22.0 Å². The second kappa shape index (κ2) is 4.22. The molecule has 0 aromatic carbocycles. The molecular weight excluding hydrogens is 255 g/mol. The monoisotopic (exact) mass is 258 g/mol. The first-order valence-corrected chi connectivity index (χ1v) is 4.58. The summed E-state index contributed by atoms with van der Waals surface area (Å²) in [6, 6.07) is 6.64. The zero-order chi connectivity index (χ0) is 13.3. The van der Waals surface area contributed by atoms with Gasteiger partial charge in [-0.3, -0.25) is 0 Å². The molecule has 0 aliphatic heterocycles. The summed E-state index contributed by atoms with van der Waals surface area (Å²) < 4.78 is 62.9. The van der Waals surface area contributed by atoms with Gasteiger partial charge in [-0.15, -0.1) is 0 Å². The quantitative estimate of drug-likeness (QED) is 0.580. The van der Waals surface area contributed by atoms with E-state index >= 15 is 0 Å². The third kappa shape index (κ3) is 2.37. The summed E-state index contributed by atoms with van der Waals surface area (Å²) in [4.78, 5) is 6.05. The summed E-state index contributed by atoms with van der Waals surface area (Å²) in [7, 11) is 0. The molecule has 0 radical (unpaired) electrons. The molecule has 0 N–H and O–H groups in total. The molecule has 2 heterocycles. The van der Waals surface area contributed by atoms with Gasteiger partial charge in [0, 0.05) is 6.07 Å². The van der Waals surface area contributed by atoms with Crippen molar-refractivity contribution in [1.82, 2.24) is 9.97 Å². The lowest BCUT2D eigenvalue weighted by molar-refractivity contribution is -0.141. The molecule has 0 fully saturated rings. The SMILES string of the molecule is Fc1ccc(-c2cc#cc(C(F)(F)F)n2)c(F)n1. The van der Waals surface area contributed by atoms with Crippen LogP contribution in [-0.4, -0.2) is 9.97 Å². The number of hydrogen-bond acceptors (Lipinski definition) is 2. The largest absolute Gasteiger partial charge is 0.441 e. The zero-order valence-electron chi connectivity index (χ0n) is 8.52. The van der Waals surface area contributed by atoms with Crippen LogP contribution in [0.25, 0.3) is 11.3 Å². The molecule has 2 aromatic rings. The molecule has 92 valence electrons. The molecule has 7 heteroatoms. The first kappa shape index (κ1) is 12.2. The maximum Gasteiger partial charge on any atom is 0.441 e. The van der Waals surface area contributed by atoms with Crippen LogP contribution in [0.1, 0.15) is 5.69 Å². The molecule has 0 amide bonds. The smallest absolute Gasteiger partial charge is 0.234 e. The number of pyridine rings is 1. The Bertz CT molecular complexity index is 580. The van der Waals surface area contributed by atoms with Gasteiger partial charge in [-0.05, 0) is 18.2 Å². The fraction of sp³-hybridized carbons (Fsp3) is 0.0909. The number of alkyl halides is 3. The van der Waals surface area contributed by atoms with Gasteiger partial charge in [-0.2, -0.15) is 26.9 Å². The molecule has 0 spiro atoms. The van der Waals surface area contributed by atoms with Crippen LogP contribution in [0.4, 0.5) is 22.0 Å². The van der Waals surface area contributed by atoms with Gasteiger partial charge < -0.3 is 0 Å². The highest BCUT2D eigenvalue weighted by Crippen LogP contribution is 2.28. The fourth-order valence-electron chi connectivity index (χ4n) is 1.23. The average molecular weight is 258 g/mol. The summed E-state index contributed by atoms with van der Waals surface area (Å²) in [5.41, 5.74) is -2.01. The molecule has 18 heavy (non-hydrogen) atoms. The topological polar surface area (TPSA) is 25.8 Å². The Morgan fingerprint density at radius 2 is 1.78 bits per heavy atom. The zero-order valence-corrected chi connectivity index (χ0v) is 8.52. The molecule has 0 saturated heterocycles. The number of rotatable bonds is 1.